The van der Waals surface area contributed by atoms with Gasteiger partial charge in [0, 0.05) is 37.4 Å². The van der Waals surface area contributed by atoms with E-state index >= 15 is 0 Å². The third kappa shape index (κ3) is 4.16. The first-order chi connectivity index (χ1) is 11.2. The van der Waals surface area contributed by atoms with Gasteiger partial charge in [-0.2, -0.15) is 4.98 Å². The van der Waals surface area contributed by atoms with Gasteiger partial charge in [-0.3, -0.25) is 4.90 Å². The molecular formula is C16H24N4O2S. The first kappa shape index (κ1) is 16.5. The summed E-state index contributed by atoms with van der Waals surface area (Å²) in [5.74, 6) is 2.24. The molecule has 1 atom stereocenters. The van der Waals surface area contributed by atoms with Crippen LogP contribution in [-0.4, -0.2) is 40.2 Å². The Bertz CT molecular complexity index is 625. The van der Waals surface area contributed by atoms with Gasteiger partial charge in [0.25, 0.3) is 0 Å². The smallest absolute Gasteiger partial charge is 0.229 e. The van der Waals surface area contributed by atoms with Crippen LogP contribution in [-0.2, 0) is 17.9 Å². The molecule has 1 aliphatic rings. The van der Waals surface area contributed by atoms with Crippen molar-refractivity contribution in [3.8, 4) is 0 Å². The molecule has 6 nitrogen and oxygen atoms in total. The van der Waals surface area contributed by atoms with Crippen molar-refractivity contribution in [1.29, 1.82) is 0 Å². The number of nitrogens with zero attached hydrogens (tertiary/aromatic N) is 4. The minimum atomic E-state index is 0.283. The summed E-state index contributed by atoms with van der Waals surface area (Å²) < 4.78 is 10.5. The Labute approximate surface area is 140 Å². The largest absolute Gasteiger partial charge is 0.378 e. The van der Waals surface area contributed by atoms with Gasteiger partial charge >= 0.3 is 0 Å². The fourth-order valence-electron chi connectivity index (χ4n) is 2.90. The SMILES string of the molecule is COCc1nc(CN2CCC[C@@H](c3noc(C(C)C)n3)C2)cs1. The van der Waals surface area contributed by atoms with E-state index in [9.17, 15) is 0 Å². The van der Waals surface area contributed by atoms with Gasteiger partial charge in [-0.05, 0) is 19.4 Å². The Hall–Kier alpha value is -1.31. The zero-order chi connectivity index (χ0) is 16.2. The van der Waals surface area contributed by atoms with Gasteiger partial charge in [-0.1, -0.05) is 19.0 Å². The topological polar surface area (TPSA) is 64.3 Å². The summed E-state index contributed by atoms with van der Waals surface area (Å²) in [7, 11) is 1.70. The van der Waals surface area contributed by atoms with Gasteiger partial charge in [0.1, 0.15) is 5.01 Å². The molecule has 3 heterocycles. The molecule has 0 bridgehead atoms. The molecule has 1 saturated heterocycles. The van der Waals surface area contributed by atoms with Crippen molar-refractivity contribution in [3.63, 3.8) is 0 Å². The normalized spacial score (nSPS) is 19.6. The first-order valence-electron chi connectivity index (χ1n) is 8.13. The lowest BCUT2D eigenvalue weighted by Crippen LogP contribution is -2.34. The van der Waals surface area contributed by atoms with Crippen LogP contribution in [0.4, 0.5) is 0 Å². The third-order valence-electron chi connectivity index (χ3n) is 4.07. The number of rotatable bonds is 6. The number of methoxy groups -OCH3 is 1. The van der Waals surface area contributed by atoms with Crippen molar-refractivity contribution in [2.24, 2.45) is 0 Å². The van der Waals surface area contributed by atoms with Gasteiger partial charge in [0.15, 0.2) is 5.82 Å². The monoisotopic (exact) mass is 336 g/mol. The second kappa shape index (κ2) is 7.51. The van der Waals surface area contributed by atoms with Crippen molar-refractivity contribution in [2.45, 2.75) is 51.7 Å². The van der Waals surface area contributed by atoms with E-state index < -0.39 is 0 Å². The Morgan fingerprint density at radius 2 is 2.30 bits per heavy atom. The predicted octanol–water partition coefficient (Wildman–Crippen LogP) is 3.18. The van der Waals surface area contributed by atoms with E-state index in [0.717, 1.165) is 54.9 Å². The predicted molar refractivity (Wildman–Crippen MR) is 88.5 cm³/mol. The summed E-state index contributed by atoms with van der Waals surface area (Å²) in [5.41, 5.74) is 1.12. The zero-order valence-electron chi connectivity index (χ0n) is 14.0. The second-order valence-corrected chi connectivity index (χ2v) is 7.33. The van der Waals surface area contributed by atoms with Gasteiger partial charge in [-0.25, -0.2) is 4.98 Å². The molecule has 2 aromatic rings. The molecule has 3 rings (SSSR count). The van der Waals surface area contributed by atoms with Crippen molar-refractivity contribution in [1.82, 2.24) is 20.0 Å². The third-order valence-corrected chi connectivity index (χ3v) is 4.95. The van der Waals surface area contributed by atoms with Gasteiger partial charge in [0.05, 0.1) is 12.3 Å². The van der Waals surface area contributed by atoms with Crippen molar-refractivity contribution in [3.05, 3.63) is 27.8 Å². The van der Waals surface area contributed by atoms with Crippen LogP contribution in [0.3, 0.4) is 0 Å². The quantitative estimate of drug-likeness (QED) is 0.807. The average molecular weight is 336 g/mol. The molecular weight excluding hydrogens is 312 g/mol. The van der Waals surface area contributed by atoms with Crippen LogP contribution >= 0.6 is 11.3 Å². The van der Waals surface area contributed by atoms with Crippen LogP contribution in [0.25, 0.3) is 0 Å². The van der Waals surface area contributed by atoms with E-state index in [-0.39, 0.29) is 5.92 Å². The number of thiazole rings is 1. The molecule has 23 heavy (non-hydrogen) atoms. The molecule has 126 valence electrons. The van der Waals surface area contributed by atoms with E-state index in [4.69, 9.17) is 9.26 Å². The highest BCUT2D eigenvalue weighted by Gasteiger charge is 2.26. The van der Waals surface area contributed by atoms with Gasteiger partial charge in [-0.15, -0.1) is 11.3 Å². The number of hydrogen-bond acceptors (Lipinski definition) is 7. The van der Waals surface area contributed by atoms with Crippen molar-refractivity contribution < 1.29 is 9.26 Å². The van der Waals surface area contributed by atoms with Gasteiger partial charge < -0.3 is 9.26 Å². The summed E-state index contributed by atoms with van der Waals surface area (Å²) in [6.07, 6.45) is 2.28. The summed E-state index contributed by atoms with van der Waals surface area (Å²) in [6.45, 7) is 7.69. The lowest BCUT2D eigenvalue weighted by Gasteiger charge is -2.30. The Morgan fingerprint density at radius 3 is 3.04 bits per heavy atom. The standard InChI is InChI=1S/C16H24N4O2S/c1-11(2)16-18-15(19-22-16)12-5-4-6-20(7-12)8-13-10-23-14(17-13)9-21-3/h10-12H,4-9H2,1-3H3/t12-/m1/s1. The Kier molecular flexibility index (Phi) is 5.40. The van der Waals surface area contributed by atoms with Crippen LogP contribution in [0.5, 0.6) is 0 Å². The van der Waals surface area contributed by atoms with Crippen molar-refractivity contribution >= 4 is 11.3 Å². The lowest BCUT2D eigenvalue weighted by atomic mass is 9.97. The highest BCUT2D eigenvalue weighted by molar-refractivity contribution is 7.09. The molecule has 0 saturated carbocycles. The molecule has 0 radical (unpaired) electrons. The minimum absolute atomic E-state index is 0.283. The van der Waals surface area contributed by atoms with E-state index in [1.54, 1.807) is 18.4 Å². The van der Waals surface area contributed by atoms with Crippen LogP contribution < -0.4 is 0 Å². The number of piperidine rings is 1. The lowest BCUT2D eigenvalue weighted by molar-refractivity contribution is 0.182. The molecule has 2 aromatic heterocycles. The molecule has 0 spiro atoms. The first-order valence-corrected chi connectivity index (χ1v) is 9.01. The highest BCUT2D eigenvalue weighted by Crippen LogP contribution is 2.27. The zero-order valence-corrected chi connectivity index (χ0v) is 14.8. The maximum absolute atomic E-state index is 5.36. The van der Waals surface area contributed by atoms with Crippen molar-refractivity contribution in [2.75, 3.05) is 20.2 Å². The van der Waals surface area contributed by atoms with E-state index in [1.165, 1.54) is 0 Å². The maximum atomic E-state index is 5.36. The number of ether oxygens (including phenoxy) is 1. The highest BCUT2D eigenvalue weighted by atomic mass is 32.1. The summed E-state index contributed by atoms with van der Waals surface area (Å²) >= 11 is 1.66. The summed E-state index contributed by atoms with van der Waals surface area (Å²) in [4.78, 5) is 11.6. The van der Waals surface area contributed by atoms with E-state index in [0.29, 0.717) is 12.5 Å². The van der Waals surface area contributed by atoms with E-state index in [1.807, 2.05) is 0 Å². The molecule has 0 unspecified atom stereocenters. The van der Waals surface area contributed by atoms with Gasteiger partial charge in [0.2, 0.25) is 5.89 Å². The summed E-state index contributed by atoms with van der Waals surface area (Å²) in [6, 6.07) is 0. The van der Waals surface area contributed by atoms with E-state index in [2.05, 4.69) is 39.3 Å². The second-order valence-electron chi connectivity index (χ2n) is 6.39. The fourth-order valence-corrected chi connectivity index (χ4v) is 3.65. The molecule has 0 N–H and O–H groups in total. The molecule has 1 aliphatic heterocycles. The number of likely N-dealkylation sites (tertiary alicyclic amines) is 1. The van der Waals surface area contributed by atoms with Crippen LogP contribution in [0.15, 0.2) is 9.90 Å². The molecule has 0 aliphatic carbocycles. The minimum Gasteiger partial charge on any atom is -0.378 e. The maximum Gasteiger partial charge on any atom is 0.229 e. The Morgan fingerprint density at radius 1 is 1.43 bits per heavy atom. The number of hydrogen-bond donors (Lipinski definition) is 0. The molecule has 1 fully saturated rings. The Balaban J connectivity index is 1.60. The van der Waals surface area contributed by atoms with Crippen LogP contribution in [0.2, 0.25) is 0 Å². The average Bonchev–Trinajstić information content (AvgIpc) is 3.17. The number of aromatic nitrogens is 3. The van der Waals surface area contributed by atoms with Crippen LogP contribution in [0, 0.1) is 0 Å². The fraction of sp³-hybridized carbons (Fsp3) is 0.688. The summed E-state index contributed by atoms with van der Waals surface area (Å²) in [5, 5.41) is 7.35. The molecule has 0 aromatic carbocycles. The van der Waals surface area contributed by atoms with Crippen LogP contribution in [0.1, 0.15) is 60.9 Å². The molecule has 0 amide bonds. The molecule has 7 heteroatoms.